The van der Waals surface area contributed by atoms with Gasteiger partial charge in [-0.3, -0.25) is 9.78 Å². The van der Waals surface area contributed by atoms with Crippen LogP contribution in [0.4, 0.5) is 0 Å². The second-order valence-corrected chi connectivity index (χ2v) is 7.90. The van der Waals surface area contributed by atoms with E-state index in [0.29, 0.717) is 30.6 Å². The molecule has 0 aliphatic carbocycles. The summed E-state index contributed by atoms with van der Waals surface area (Å²) < 4.78 is 5.32. The summed E-state index contributed by atoms with van der Waals surface area (Å²) >= 11 is 0. The number of hydrogen-bond donors (Lipinski definition) is 0. The van der Waals surface area contributed by atoms with Gasteiger partial charge in [0.25, 0.3) is 5.91 Å². The van der Waals surface area contributed by atoms with Gasteiger partial charge in [0.2, 0.25) is 0 Å². The monoisotopic (exact) mass is 391 g/mol. The predicted molar refractivity (Wildman–Crippen MR) is 108 cm³/mol. The molecule has 1 amide bonds. The first-order valence-corrected chi connectivity index (χ1v) is 10.1. The van der Waals surface area contributed by atoms with E-state index >= 15 is 0 Å². The molecule has 0 unspecified atom stereocenters. The molecule has 150 valence electrons. The SMILES string of the molecule is CC(C)Cc1cc(C(=O)N2CCC(c3ncncc3-c3ccncc3)CC2)no1. The molecule has 0 radical (unpaired) electrons. The fourth-order valence-electron chi connectivity index (χ4n) is 3.85. The number of pyridine rings is 1. The standard InChI is InChI=1S/C22H25N5O2/c1-15(2)11-18-12-20(26-29-18)22(28)27-9-5-17(6-10-27)21-19(13-24-14-25-21)16-3-7-23-8-4-16/h3-4,7-8,12-15,17H,5-6,9-11H2,1-2H3. The molecule has 0 bridgehead atoms. The molecule has 7 heteroatoms. The molecule has 0 N–H and O–H groups in total. The molecule has 0 aromatic carbocycles. The van der Waals surface area contributed by atoms with Gasteiger partial charge in [-0.25, -0.2) is 9.97 Å². The van der Waals surface area contributed by atoms with Gasteiger partial charge in [-0.2, -0.15) is 0 Å². The third-order valence-electron chi connectivity index (χ3n) is 5.29. The first kappa shape index (κ1) is 19.2. The average Bonchev–Trinajstić information content (AvgIpc) is 3.22. The molecular formula is C22H25N5O2. The fourth-order valence-corrected chi connectivity index (χ4v) is 3.85. The van der Waals surface area contributed by atoms with Gasteiger partial charge in [0.05, 0.1) is 5.69 Å². The second kappa shape index (κ2) is 8.51. The minimum absolute atomic E-state index is 0.0562. The van der Waals surface area contributed by atoms with Crippen molar-refractivity contribution in [3.63, 3.8) is 0 Å². The van der Waals surface area contributed by atoms with Crippen LogP contribution in [-0.2, 0) is 6.42 Å². The van der Waals surface area contributed by atoms with Gasteiger partial charge in [-0.15, -0.1) is 0 Å². The average molecular weight is 391 g/mol. The van der Waals surface area contributed by atoms with Crippen molar-refractivity contribution >= 4 is 5.91 Å². The van der Waals surface area contributed by atoms with Gasteiger partial charge in [-0.1, -0.05) is 19.0 Å². The lowest BCUT2D eigenvalue weighted by Crippen LogP contribution is -2.38. The first-order valence-electron chi connectivity index (χ1n) is 10.1. The van der Waals surface area contributed by atoms with E-state index in [9.17, 15) is 4.79 Å². The zero-order valence-electron chi connectivity index (χ0n) is 16.8. The smallest absolute Gasteiger partial charge is 0.276 e. The van der Waals surface area contributed by atoms with Crippen LogP contribution in [0.2, 0.25) is 0 Å². The van der Waals surface area contributed by atoms with Gasteiger partial charge in [-0.05, 0) is 36.5 Å². The normalized spacial score (nSPS) is 15.1. The summed E-state index contributed by atoms with van der Waals surface area (Å²) in [5.41, 5.74) is 3.54. The highest BCUT2D eigenvalue weighted by molar-refractivity contribution is 5.92. The fraction of sp³-hybridized carbons (Fsp3) is 0.409. The minimum atomic E-state index is -0.0562. The van der Waals surface area contributed by atoms with E-state index in [2.05, 4.69) is 34.0 Å². The quantitative estimate of drug-likeness (QED) is 0.659. The largest absolute Gasteiger partial charge is 0.361 e. The molecule has 4 rings (SSSR count). The van der Waals surface area contributed by atoms with Crippen LogP contribution in [0.3, 0.4) is 0 Å². The van der Waals surface area contributed by atoms with Crippen LogP contribution in [0.5, 0.6) is 0 Å². The van der Waals surface area contributed by atoms with Crippen LogP contribution in [0.25, 0.3) is 11.1 Å². The molecule has 29 heavy (non-hydrogen) atoms. The number of likely N-dealkylation sites (tertiary alicyclic amines) is 1. The highest BCUT2D eigenvalue weighted by Crippen LogP contribution is 2.33. The number of carbonyl (C=O) groups excluding carboxylic acids is 1. The number of hydrogen-bond acceptors (Lipinski definition) is 6. The van der Waals surface area contributed by atoms with Crippen LogP contribution in [0.15, 0.2) is 47.6 Å². The Morgan fingerprint density at radius 1 is 1.21 bits per heavy atom. The van der Waals surface area contributed by atoms with Gasteiger partial charge in [0.15, 0.2) is 5.69 Å². The van der Waals surface area contributed by atoms with Crippen LogP contribution in [0.1, 0.15) is 54.5 Å². The highest BCUT2D eigenvalue weighted by Gasteiger charge is 2.28. The highest BCUT2D eigenvalue weighted by atomic mass is 16.5. The molecule has 0 atom stereocenters. The maximum Gasteiger partial charge on any atom is 0.276 e. The van der Waals surface area contributed by atoms with E-state index in [4.69, 9.17) is 4.52 Å². The lowest BCUT2D eigenvalue weighted by molar-refractivity contribution is 0.0701. The van der Waals surface area contributed by atoms with E-state index in [1.807, 2.05) is 23.2 Å². The molecule has 3 aromatic heterocycles. The van der Waals surface area contributed by atoms with Gasteiger partial charge in [0, 0.05) is 55.6 Å². The first-order chi connectivity index (χ1) is 14.1. The van der Waals surface area contributed by atoms with Crippen molar-refractivity contribution in [3.05, 3.63) is 60.3 Å². The Labute approximate surface area is 170 Å². The molecule has 1 saturated heterocycles. The Morgan fingerprint density at radius 3 is 2.69 bits per heavy atom. The summed E-state index contributed by atoms with van der Waals surface area (Å²) in [4.78, 5) is 27.5. The molecule has 7 nitrogen and oxygen atoms in total. The Hall–Kier alpha value is -3.09. The molecule has 4 heterocycles. The zero-order valence-corrected chi connectivity index (χ0v) is 16.8. The summed E-state index contributed by atoms with van der Waals surface area (Å²) in [5, 5.41) is 3.98. The summed E-state index contributed by atoms with van der Waals surface area (Å²) in [6.07, 6.45) is 9.52. The van der Waals surface area contributed by atoms with Crippen molar-refractivity contribution < 1.29 is 9.32 Å². The van der Waals surface area contributed by atoms with Crippen molar-refractivity contribution in [3.8, 4) is 11.1 Å². The minimum Gasteiger partial charge on any atom is -0.361 e. The van der Waals surface area contributed by atoms with Crippen LogP contribution < -0.4 is 0 Å². The summed E-state index contributed by atoms with van der Waals surface area (Å²) in [7, 11) is 0. The number of carbonyl (C=O) groups is 1. The van der Waals surface area contributed by atoms with Crippen molar-refractivity contribution in [2.75, 3.05) is 13.1 Å². The second-order valence-electron chi connectivity index (χ2n) is 7.90. The predicted octanol–water partition coefficient (Wildman–Crippen LogP) is 3.74. The number of nitrogens with zero attached hydrogens (tertiary/aromatic N) is 5. The zero-order chi connectivity index (χ0) is 20.2. The maximum atomic E-state index is 12.8. The molecule has 0 spiro atoms. The van der Waals surface area contributed by atoms with E-state index in [1.165, 1.54) is 0 Å². The Morgan fingerprint density at radius 2 is 1.97 bits per heavy atom. The van der Waals surface area contributed by atoms with Gasteiger partial charge >= 0.3 is 0 Å². The number of piperidine rings is 1. The van der Waals surface area contributed by atoms with Crippen molar-refractivity contribution in [1.29, 1.82) is 0 Å². The van der Waals surface area contributed by atoms with Crippen molar-refractivity contribution in [1.82, 2.24) is 25.0 Å². The van der Waals surface area contributed by atoms with E-state index < -0.39 is 0 Å². The Kier molecular flexibility index (Phi) is 5.64. The maximum absolute atomic E-state index is 12.8. The van der Waals surface area contributed by atoms with Crippen molar-refractivity contribution in [2.24, 2.45) is 5.92 Å². The number of aromatic nitrogens is 4. The molecule has 3 aromatic rings. The summed E-state index contributed by atoms with van der Waals surface area (Å²) in [6, 6.07) is 5.72. The van der Waals surface area contributed by atoms with Gasteiger partial charge in [0.1, 0.15) is 12.1 Å². The van der Waals surface area contributed by atoms with Crippen LogP contribution in [-0.4, -0.2) is 44.0 Å². The lowest BCUT2D eigenvalue weighted by Gasteiger charge is -2.31. The van der Waals surface area contributed by atoms with Gasteiger partial charge < -0.3 is 9.42 Å². The summed E-state index contributed by atoms with van der Waals surface area (Å²) in [6.45, 7) is 5.58. The third-order valence-corrected chi connectivity index (χ3v) is 5.29. The van der Waals surface area contributed by atoms with E-state index in [-0.39, 0.29) is 5.91 Å². The number of rotatable bonds is 5. The topological polar surface area (TPSA) is 85.0 Å². The lowest BCUT2D eigenvalue weighted by atomic mass is 9.89. The Balaban J connectivity index is 1.44. The molecular weight excluding hydrogens is 366 g/mol. The van der Waals surface area contributed by atoms with Crippen LogP contribution >= 0.6 is 0 Å². The van der Waals surface area contributed by atoms with E-state index in [1.54, 1.807) is 24.8 Å². The molecule has 0 saturated carbocycles. The Bertz CT molecular complexity index is 962. The number of amides is 1. The molecule has 1 aliphatic rings. The molecule has 1 aliphatic heterocycles. The van der Waals surface area contributed by atoms with Crippen LogP contribution in [0, 0.1) is 5.92 Å². The summed E-state index contributed by atoms with van der Waals surface area (Å²) in [5.74, 6) is 1.46. The third kappa shape index (κ3) is 4.34. The van der Waals surface area contributed by atoms with Crippen molar-refractivity contribution in [2.45, 2.75) is 39.0 Å². The molecule has 1 fully saturated rings. The van der Waals surface area contributed by atoms with E-state index in [0.717, 1.165) is 41.8 Å².